The maximum Gasteiger partial charge on any atom is -1.00 e. The summed E-state index contributed by atoms with van der Waals surface area (Å²) in [6.45, 7) is 9.49. The molecule has 0 bridgehead atoms. The molecule has 0 nitrogen and oxygen atoms in total. The molecule has 0 aromatic heterocycles. The fourth-order valence-corrected chi connectivity index (χ4v) is 12.7. The predicted molar refractivity (Wildman–Crippen MR) is 71.7 cm³/mol. The van der Waals surface area contributed by atoms with Gasteiger partial charge in [-0.15, -0.1) is 0 Å². The van der Waals surface area contributed by atoms with Crippen LogP contribution in [0.5, 0.6) is 0 Å². The summed E-state index contributed by atoms with van der Waals surface area (Å²) in [5.41, 5.74) is 4.90. The first-order chi connectivity index (χ1) is 8.08. The molecule has 19 heavy (non-hydrogen) atoms. The van der Waals surface area contributed by atoms with Crippen molar-refractivity contribution in [1.82, 2.24) is 0 Å². The number of allylic oxidation sites excluding steroid dienone is 8. The third-order valence-electron chi connectivity index (χ3n) is 5.29. The molecule has 3 aliphatic rings. The van der Waals surface area contributed by atoms with E-state index in [-0.39, 0.29) is 24.8 Å². The van der Waals surface area contributed by atoms with Crippen molar-refractivity contribution >= 4 is 0 Å². The van der Waals surface area contributed by atoms with Crippen LogP contribution >= 0.6 is 0 Å². The van der Waals surface area contributed by atoms with Gasteiger partial charge in [-0.3, -0.25) is 0 Å². The fourth-order valence-electron chi connectivity index (χ4n) is 3.83. The van der Waals surface area contributed by atoms with Gasteiger partial charge in [0, 0.05) is 0 Å². The van der Waals surface area contributed by atoms with Crippen molar-refractivity contribution in [2.24, 2.45) is 5.92 Å². The molecule has 1 aliphatic heterocycles. The van der Waals surface area contributed by atoms with E-state index in [4.69, 9.17) is 0 Å². The van der Waals surface area contributed by atoms with Crippen LogP contribution in [-0.2, 0) is 16.6 Å². The molecule has 0 amide bonds. The van der Waals surface area contributed by atoms with E-state index < -0.39 is 16.6 Å². The minimum Gasteiger partial charge on any atom is -1.00 e. The Morgan fingerprint density at radius 1 is 1.05 bits per heavy atom. The van der Waals surface area contributed by atoms with Gasteiger partial charge in [0.15, 0.2) is 0 Å². The van der Waals surface area contributed by atoms with Gasteiger partial charge in [-0.25, -0.2) is 0 Å². The summed E-state index contributed by atoms with van der Waals surface area (Å²) in [5.74, 6) is 0.749. The molecular formula is C16H22Cl2Ti. The Morgan fingerprint density at radius 3 is 2.05 bits per heavy atom. The second-order valence-corrected chi connectivity index (χ2v) is 12.8. The maximum absolute atomic E-state index is 2.45. The Labute approximate surface area is 133 Å². The van der Waals surface area contributed by atoms with Gasteiger partial charge in [-0.2, -0.15) is 0 Å². The number of rotatable bonds is 2. The van der Waals surface area contributed by atoms with E-state index in [0.29, 0.717) is 0 Å². The van der Waals surface area contributed by atoms with Gasteiger partial charge in [0.05, 0.1) is 0 Å². The summed E-state index contributed by atoms with van der Waals surface area (Å²) in [4.78, 5) is 0. The van der Waals surface area contributed by atoms with E-state index >= 15 is 0 Å². The van der Waals surface area contributed by atoms with Gasteiger partial charge in [0.1, 0.15) is 0 Å². The Kier molecular flexibility index (Phi) is 5.41. The molecular weight excluding hydrogens is 311 g/mol. The molecule has 3 rings (SSSR count). The van der Waals surface area contributed by atoms with Crippen LogP contribution in [0.25, 0.3) is 0 Å². The molecule has 0 N–H and O–H groups in total. The van der Waals surface area contributed by atoms with Crippen LogP contribution in [0, 0.1) is 5.92 Å². The van der Waals surface area contributed by atoms with Crippen molar-refractivity contribution < 1.29 is 41.4 Å². The average Bonchev–Trinajstić information content (AvgIpc) is 2.86. The van der Waals surface area contributed by atoms with E-state index in [1.54, 1.807) is 26.2 Å². The molecule has 104 valence electrons. The summed E-state index contributed by atoms with van der Waals surface area (Å²) < 4.78 is 6.90. The average molecular weight is 333 g/mol. The summed E-state index contributed by atoms with van der Waals surface area (Å²) in [6, 6.07) is 0. The number of hydrogen-bond donors (Lipinski definition) is 0. The topological polar surface area (TPSA) is 0 Å². The minimum absolute atomic E-state index is 0. The van der Waals surface area contributed by atoms with E-state index in [9.17, 15) is 0 Å². The first-order valence-corrected chi connectivity index (χ1v) is 10.6. The van der Waals surface area contributed by atoms with E-state index in [2.05, 4.69) is 45.9 Å². The molecule has 1 atom stereocenters. The van der Waals surface area contributed by atoms with E-state index in [0.717, 1.165) is 5.92 Å². The van der Waals surface area contributed by atoms with Crippen LogP contribution in [0.1, 0.15) is 34.1 Å². The summed E-state index contributed by atoms with van der Waals surface area (Å²) >= 11 is -1.72. The minimum atomic E-state index is -1.72. The van der Waals surface area contributed by atoms with Gasteiger partial charge in [0.25, 0.3) is 0 Å². The molecule has 1 heterocycles. The van der Waals surface area contributed by atoms with Gasteiger partial charge >= 0.3 is 109 Å². The maximum atomic E-state index is 2.45. The second-order valence-electron chi connectivity index (χ2n) is 5.97. The first kappa shape index (κ1) is 17.3. The van der Waals surface area contributed by atoms with Gasteiger partial charge < -0.3 is 24.8 Å². The van der Waals surface area contributed by atoms with Crippen molar-refractivity contribution in [2.75, 3.05) is 0 Å². The zero-order valence-electron chi connectivity index (χ0n) is 12.2. The molecule has 0 spiro atoms. The monoisotopic (exact) mass is 332 g/mol. The van der Waals surface area contributed by atoms with Gasteiger partial charge in [0.2, 0.25) is 0 Å². The van der Waals surface area contributed by atoms with Gasteiger partial charge in [-0.05, 0) is 0 Å². The number of halogens is 2. The smallest absolute Gasteiger partial charge is 1.00 e. The standard InChI is InChI=1S/C9H13.C5H5.C2H4.2ClH.Ti/c1-6-5-7(2)9(4)8(6)3;1-2-4-5-3-1;1-2;;;/h6H,1-4H3;1-3H,4H2;1-2H2;2*1H;/q;;;;;+2/p-2. The van der Waals surface area contributed by atoms with Crippen molar-refractivity contribution in [3.05, 3.63) is 42.7 Å². The molecule has 1 unspecified atom stereocenters. The predicted octanol–water partition coefficient (Wildman–Crippen LogP) is -0.898. The molecule has 1 saturated heterocycles. The van der Waals surface area contributed by atoms with E-state index in [1.807, 2.05) is 7.76 Å². The van der Waals surface area contributed by atoms with Crippen molar-refractivity contribution in [3.8, 4) is 0 Å². The van der Waals surface area contributed by atoms with Crippen LogP contribution in [0.3, 0.4) is 0 Å². The second kappa shape index (κ2) is 5.94. The summed E-state index contributed by atoms with van der Waals surface area (Å²) in [5, 5.41) is 0. The quantitative estimate of drug-likeness (QED) is 0.575. The third-order valence-corrected chi connectivity index (χ3v) is 13.0. The van der Waals surface area contributed by atoms with Crippen molar-refractivity contribution in [2.45, 2.75) is 43.6 Å². The van der Waals surface area contributed by atoms with Gasteiger partial charge in [-0.1, -0.05) is 0 Å². The summed E-state index contributed by atoms with van der Waals surface area (Å²) in [6.07, 6.45) is 8.34. The first-order valence-electron chi connectivity index (χ1n) is 6.83. The Balaban J connectivity index is 0.000000902. The Bertz CT molecular complexity index is 505. The van der Waals surface area contributed by atoms with Crippen LogP contribution in [-0.4, -0.2) is 0 Å². The fraction of sp³-hybridized carbons (Fsp3) is 0.500. The SMILES string of the molecule is CC1=C(C)C(C)[C]([Ti+2]2([C]3=CC=CC3)[CH2][CH2]2)=C1C.[Cl-].[Cl-]. The molecule has 0 aromatic carbocycles. The Hall–Kier alpha value is 0.254. The molecule has 2 aliphatic carbocycles. The zero-order valence-corrected chi connectivity index (χ0v) is 15.3. The zero-order chi connectivity index (χ0) is 12.2. The molecule has 0 saturated carbocycles. The van der Waals surface area contributed by atoms with Crippen LogP contribution in [0.4, 0.5) is 0 Å². The number of hydrogen-bond acceptors (Lipinski definition) is 0. The molecule has 0 radical (unpaired) electrons. The third kappa shape index (κ3) is 2.46. The van der Waals surface area contributed by atoms with E-state index in [1.165, 1.54) is 6.42 Å². The van der Waals surface area contributed by atoms with Crippen molar-refractivity contribution in [3.63, 3.8) is 0 Å². The van der Waals surface area contributed by atoms with Crippen LogP contribution < -0.4 is 24.8 Å². The van der Waals surface area contributed by atoms with Crippen LogP contribution in [0.15, 0.2) is 42.7 Å². The Morgan fingerprint density at radius 2 is 1.68 bits per heavy atom. The molecule has 3 heteroatoms. The molecule has 0 aromatic rings. The molecule has 1 fully saturated rings. The summed E-state index contributed by atoms with van der Waals surface area (Å²) in [7, 11) is 0. The van der Waals surface area contributed by atoms with Crippen LogP contribution in [0.2, 0.25) is 9.45 Å². The normalized spacial score (nSPS) is 25.5. The largest absolute Gasteiger partial charge is 1.00 e. The van der Waals surface area contributed by atoms with Crippen molar-refractivity contribution in [1.29, 1.82) is 0 Å².